The monoisotopic (exact) mass is 560 g/mol. The fraction of sp³-hybridized carbons (Fsp3) is 0.222. The summed E-state index contributed by atoms with van der Waals surface area (Å²) in [5.74, 6) is -1.78. The number of carbonyl (C=O) groups excluding carboxylic acids is 2. The lowest BCUT2D eigenvalue weighted by Gasteiger charge is -2.19. The molecule has 0 unspecified atom stereocenters. The number of rotatable bonds is 11. The Morgan fingerprint density at radius 2 is 1.71 bits per heavy atom. The van der Waals surface area contributed by atoms with Crippen molar-refractivity contribution in [3.8, 4) is 5.75 Å². The van der Waals surface area contributed by atoms with E-state index in [4.69, 9.17) is 31.8 Å². The highest BCUT2D eigenvalue weighted by Gasteiger charge is 2.17. The Morgan fingerprint density at radius 3 is 2.39 bits per heavy atom. The highest BCUT2D eigenvalue weighted by Crippen LogP contribution is 2.20. The van der Waals surface area contributed by atoms with Gasteiger partial charge in [-0.15, -0.1) is 0 Å². The second-order valence-electron chi connectivity index (χ2n) is 9.08. The first-order chi connectivity index (χ1) is 19.6. The Bertz CT molecular complexity index is 1560. The zero-order valence-corrected chi connectivity index (χ0v) is 22.1. The molecule has 0 fully saturated rings. The van der Waals surface area contributed by atoms with Crippen molar-refractivity contribution in [2.45, 2.75) is 32.0 Å². The van der Waals surface area contributed by atoms with Gasteiger partial charge in [-0.3, -0.25) is 9.59 Å². The molecule has 2 aromatic heterocycles. The van der Waals surface area contributed by atoms with Gasteiger partial charge in [0.25, 0.3) is 0 Å². The molecule has 2 heterocycles. The summed E-state index contributed by atoms with van der Waals surface area (Å²) in [4.78, 5) is 53.7. The van der Waals surface area contributed by atoms with Crippen LogP contribution in [-0.4, -0.2) is 56.0 Å². The number of nitrogen functional groups attached to an aromatic ring is 2. The van der Waals surface area contributed by atoms with Crippen LogP contribution in [0.25, 0.3) is 11.2 Å². The Kier molecular flexibility index (Phi) is 8.84. The minimum Gasteiger partial charge on any atom is -0.481 e. The number of fused-ring (bicyclic) bond motifs is 1. The zero-order chi connectivity index (χ0) is 29.5. The molecule has 212 valence electrons. The fourth-order valence-electron chi connectivity index (χ4n) is 3.72. The number of benzene rings is 2. The minimum atomic E-state index is -1.04. The Balaban J connectivity index is 1.30. The Hall–Kier alpha value is -5.37. The summed E-state index contributed by atoms with van der Waals surface area (Å²) in [7, 11) is 1.87. The predicted molar refractivity (Wildman–Crippen MR) is 149 cm³/mol. The van der Waals surface area contributed by atoms with Crippen LogP contribution in [0, 0.1) is 0 Å². The van der Waals surface area contributed by atoms with Gasteiger partial charge in [-0.25, -0.2) is 14.8 Å². The molecule has 0 spiro atoms. The maximum absolute atomic E-state index is 12.6. The number of carbonyl (C=O) groups is 3. The van der Waals surface area contributed by atoms with Crippen molar-refractivity contribution < 1.29 is 29.0 Å². The molecule has 0 aliphatic carbocycles. The van der Waals surface area contributed by atoms with E-state index in [0.717, 1.165) is 5.69 Å². The van der Waals surface area contributed by atoms with E-state index in [9.17, 15) is 14.4 Å². The van der Waals surface area contributed by atoms with Crippen LogP contribution in [-0.2, 0) is 27.5 Å². The third-order valence-electron chi connectivity index (χ3n) is 5.93. The number of esters is 2. The lowest BCUT2D eigenvalue weighted by molar-refractivity contribution is -0.147. The lowest BCUT2D eigenvalue weighted by Crippen LogP contribution is -2.32. The van der Waals surface area contributed by atoms with E-state index in [1.165, 1.54) is 0 Å². The third kappa shape index (κ3) is 7.60. The van der Waals surface area contributed by atoms with Crippen molar-refractivity contribution in [3.05, 3.63) is 71.5 Å². The van der Waals surface area contributed by atoms with Crippen LogP contribution in [0.1, 0.15) is 34.5 Å². The highest BCUT2D eigenvalue weighted by molar-refractivity contribution is 5.91. The van der Waals surface area contributed by atoms with E-state index < -0.39 is 23.9 Å². The fourth-order valence-corrected chi connectivity index (χ4v) is 3.72. The summed E-state index contributed by atoms with van der Waals surface area (Å²) in [6.45, 7) is 0.357. The number of nitrogens with zero attached hydrogens (tertiary/aromatic N) is 5. The van der Waals surface area contributed by atoms with Crippen molar-refractivity contribution in [2.75, 3.05) is 23.4 Å². The molecule has 41 heavy (non-hydrogen) atoms. The van der Waals surface area contributed by atoms with Gasteiger partial charge in [-0.05, 0) is 48.4 Å². The number of hydrogen-bond acceptors (Lipinski definition) is 13. The lowest BCUT2D eigenvalue weighted by atomic mass is 10.1. The molecule has 1 atom stereocenters. The summed E-state index contributed by atoms with van der Waals surface area (Å²) in [6, 6.07) is 12.3. The zero-order valence-electron chi connectivity index (χ0n) is 22.1. The molecule has 2 aromatic carbocycles. The molecular weight excluding hydrogens is 532 g/mol. The van der Waals surface area contributed by atoms with E-state index in [1.807, 2.05) is 11.9 Å². The van der Waals surface area contributed by atoms with Crippen molar-refractivity contribution in [1.29, 1.82) is 0 Å². The Labute approximate surface area is 234 Å². The minimum absolute atomic E-state index is 0.0128. The number of anilines is 3. The maximum Gasteiger partial charge on any atom is 0.343 e. The number of ether oxygens (including phenoxy) is 2. The van der Waals surface area contributed by atoms with Gasteiger partial charge in [0.1, 0.15) is 18.4 Å². The average molecular weight is 561 g/mol. The smallest absolute Gasteiger partial charge is 0.343 e. The molecule has 0 aliphatic rings. The van der Waals surface area contributed by atoms with Crippen LogP contribution in [0.2, 0.25) is 0 Å². The van der Waals surface area contributed by atoms with Crippen molar-refractivity contribution >= 4 is 46.5 Å². The maximum atomic E-state index is 12.6. The third-order valence-corrected chi connectivity index (χ3v) is 5.93. The molecule has 0 radical (unpaired) electrons. The van der Waals surface area contributed by atoms with Crippen molar-refractivity contribution in [3.63, 3.8) is 0 Å². The van der Waals surface area contributed by atoms with Crippen LogP contribution >= 0.6 is 0 Å². The first-order valence-corrected chi connectivity index (χ1v) is 12.4. The summed E-state index contributed by atoms with van der Waals surface area (Å²) in [5, 5.41) is 8.68. The van der Waals surface area contributed by atoms with Crippen molar-refractivity contribution in [2.24, 2.45) is 5.73 Å². The van der Waals surface area contributed by atoms with E-state index >= 15 is 0 Å². The van der Waals surface area contributed by atoms with E-state index in [2.05, 4.69) is 19.9 Å². The van der Waals surface area contributed by atoms with Crippen LogP contribution < -0.4 is 26.8 Å². The molecular formula is C27H28N8O6. The van der Waals surface area contributed by atoms with Crippen LogP contribution in [0.15, 0.2) is 54.7 Å². The summed E-state index contributed by atoms with van der Waals surface area (Å²) in [5.41, 5.74) is 20.3. The number of aromatic nitrogens is 4. The van der Waals surface area contributed by atoms with Crippen LogP contribution in [0.4, 0.5) is 17.5 Å². The van der Waals surface area contributed by atoms with E-state index in [1.54, 1.807) is 54.7 Å². The predicted octanol–water partition coefficient (Wildman–Crippen LogP) is 1.68. The van der Waals surface area contributed by atoms with Gasteiger partial charge < -0.3 is 36.7 Å². The molecule has 0 bridgehead atoms. The van der Waals surface area contributed by atoms with Gasteiger partial charge in [-0.1, -0.05) is 12.1 Å². The molecule has 4 aromatic rings. The number of nitrogens with two attached hydrogens (primary N) is 3. The highest BCUT2D eigenvalue weighted by atomic mass is 16.5. The number of hydrogen-bond donors (Lipinski definition) is 4. The SMILES string of the molecule is CN(Cc1cnc2nc(N)nc(N)c2n1)c1ccc(C(=O)Oc2ccc(COC(=O)[C@@H](N)CCC(=O)O)cc2)cc1. The second kappa shape index (κ2) is 12.7. The quantitative estimate of drug-likeness (QED) is 0.151. The van der Waals surface area contributed by atoms with Crippen molar-refractivity contribution in [1.82, 2.24) is 19.9 Å². The van der Waals surface area contributed by atoms with E-state index in [0.29, 0.717) is 40.3 Å². The number of carboxylic acid groups (broad SMARTS) is 1. The standard InChI is InChI=1S/C27H28N8O6/c1-35(13-17-12-31-24-22(32-17)23(29)33-27(30)34-24)18-6-4-16(5-7-18)25(38)41-19-8-2-15(3-9-19)14-40-26(39)20(28)10-11-21(36)37/h2-9,12,20H,10-11,13-14,28H2,1H3,(H,36,37)(H4,29,30,31,33,34)/t20-/m0/s1. The second-order valence-corrected chi connectivity index (χ2v) is 9.08. The van der Waals surface area contributed by atoms with Gasteiger partial charge >= 0.3 is 17.9 Å². The molecule has 14 heteroatoms. The Morgan fingerprint density at radius 1 is 1.00 bits per heavy atom. The normalized spacial score (nSPS) is 11.6. The first-order valence-electron chi connectivity index (χ1n) is 12.4. The summed E-state index contributed by atoms with van der Waals surface area (Å²) >= 11 is 0. The molecule has 7 N–H and O–H groups in total. The topological polar surface area (TPSA) is 223 Å². The van der Waals surface area contributed by atoms with Crippen LogP contribution in [0.5, 0.6) is 5.75 Å². The van der Waals surface area contributed by atoms with Gasteiger partial charge in [0.2, 0.25) is 5.95 Å². The first kappa shape index (κ1) is 28.6. The van der Waals surface area contributed by atoms with Gasteiger partial charge in [0.05, 0.1) is 24.0 Å². The molecule has 14 nitrogen and oxygen atoms in total. The molecule has 0 saturated carbocycles. The summed E-state index contributed by atoms with van der Waals surface area (Å²) in [6.07, 6.45) is 1.35. The number of carboxylic acids is 1. The molecule has 0 saturated heterocycles. The molecule has 0 aliphatic heterocycles. The van der Waals surface area contributed by atoms with Gasteiger partial charge in [-0.2, -0.15) is 9.97 Å². The molecule has 4 rings (SSSR count). The summed E-state index contributed by atoms with van der Waals surface area (Å²) < 4.78 is 10.6. The largest absolute Gasteiger partial charge is 0.481 e. The molecule has 0 amide bonds. The average Bonchev–Trinajstić information content (AvgIpc) is 2.95. The van der Waals surface area contributed by atoms with E-state index in [-0.39, 0.29) is 31.2 Å². The van der Waals surface area contributed by atoms with Gasteiger partial charge in [0, 0.05) is 19.2 Å². The number of aliphatic carboxylic acids is 1. The van der Waals surface area contributed by atoms with Gasteiger partial charge in [0.15, 0.2) is 17.0 Å². The van der Waals surface area contributed by atoms with Crippen LogP contribution in [0.3, 0.4) is 0 Å².